The third-order valence-corrected chi connectivity index (χ3v) is 7.53. The summed E-state index contributed by atoms with van der Waals surface area (Å²) in [7, 11) is 0. The number of nitrogens with zero attached hydrogens (tertiary/aromatic N) is 4. The SMILES string of the molecule is Cc1cc(C)nc(/N=C(\NC(=O)Nc2cccc(Cl)c2)N2CCC(C(O)(c3ccccc3)c3ccccc3)CC2)n1. The highest BCUT2D eigenvalue weighted by Gasteiger charge is 2.42. The molecule has 0 saturated carbocycles. The Kier molecular flexibility index (Phi) is 8.61. The Morgan fingerprint density at radius 1 is 0.902 bits per heavy atom. The number of rotatable bonds is 5. The predicted molar refractivity (Wildman–Crippen MR) is 162 cm³/mol. The van der Waals surface area contributed by atoms with Crippen molar-refractivity contribution in [2.75, 3.05) is 18.4 Å². The Morgan fingerprint density at radius 3 is 2.05 bits per heavy atom. The molecular weight excluding hydrogens is 536 g/mol. The predicted octanol–water partition coefficient (Wildman–Crippen LogP) is 6.20. The molecule has 0 unspecified atom stereocenters. The van der Waals surface area contributed by atoms with Gasteiger partial charge in [0.25, 0.3) is 5.95 Å². The summed E-state index contributed by atoms with van der Waals surface area (Å²) in [6.45, 7) is 4.89. The maximum Gasteiger partial charge on any atom is 0.326 e. The number of aromatic nitrogens is 2. The first-order valence-electron chi connectivity index (χ1n) is 13.6. The van der Waals surface area contributed by atoms with E-state index in [9.17, 15) is 9.90 Å². The molecule has 1 aromatic heterocycles. The van der Waals surface area contributed by atoms with E-state index in [1.165, 1.54) is 0 Å². The fourth-order valence-corrected chi connectivity index (χ4v) is 5.58. The zero-order chi connectivity index (χ0) is 28.8. The van der Waals surface area contributed by atoms with E-state index in [0.717, 1.165) is 22.5 Å². The summed E-state index contributed by atoms with van der Waals surface area (Å²) in [6, 6.07) is 28.0. The molecule has 5 rings (SSSR count). The standard InChI is InChI=1S/C32H33ClN6O2/c1-22-20-23(2)35-29(34-22)37-30(38-31(40)36-28-15-9-14-27(33)21-28)39-18-16-26(17-19-39)32(41,24-10-5-3-6-11-24)25-12-7-4-8-13-25/h3-15,20-21,26,41H,16-19H2,1-2H3,(H2,34,35,36,37,38,40). The van der Waals surface area contributed by atoms with Gasteiger partial charge in [-0.3, -0.25) is 5.32 Å². The van der Waals surface area contributed by atoms with Gasteiger partial charge in [-0.25, -0.2) is 14.8 Å². The summed E-state index contributed by atoms with van der Waals surface area (Å²) in [4.78, 5) is 28.6. The van der Waals surface area contributed by atoms with Gasteiger partial charge in [0, 0.05) is 35.2 Å². The van der Waals surface area contributed by atoms with Crippen LogP contribution < -0.4 is 10.6 Å². The molecule has 8 nitrogen and oxygen atoms in total. The molecule has 210 valence electrons. The van der Waals surface area contributed by atoms with Gasteiger partial charge >= 0.3 is 6.03 Å². The number of piperidine rings is 1. The molecule has 9 heteroatoms. The average Bonchev–Trinajstić information content (AvgIpc) is 2.97. The van der Waals surface area contributed by atoms with Crippen LogP contribution in [0.4, 0.5) is 16.4 Å². The zero-order valence-corrected chi connectivity index (χ0v) is 23.8. The molecule has 0 aliphatic carbocycles. The van der Waals surface area contributed by atoms with Crippen LogP contribution in [0.5, 0.6) is 0 Å². The van der Waals surface area contributed by atoms with Gasteiger partial charge in [-0.05, 0) is 68.0 Å². The number of aryl methyl sites for hydroxylation is 2. The number of benzene rings is 3. The van der Waals surface area contributed by atoms with Gasteiger partial charge in [0.15, 0.2) is 0 Å². The van der Waals surface area contributed by atoms with Crippen molar-refractivity contribution in [1.82, 2.24) is 20.2 Å². The number of aliphatic hydroxyl groups is 1. The van der Waals surface area contributed by atoms with Crippen molar-refractivity contribution >= 4 is 35.2 Å². The molecule has 2 amide bonds. The summed E-state index contributed by atoms with van der Waals surface area (Å²) < 4.78 is 0. The number of aliphatic imine (C=N–C) groups is 1. The van der Waals surface area contributed by atoms with Crippen LogP contribution in [0.25, 0.3) is 0 Å². The quantitative estimate of drug-likeness (QED) is 0.196. The highest BCUT2D eigenvalue weighted by atomic mass is 35.5. The monoisotopic (exact) mass is 568 g/mol. The first-order chi connectivity index (χ1) is 19.8. The number of carbonyl (C=O) groups is 1. The van der Waals surface area contributed by atoms with Crippen LogP contribution in [0, 0.1) is 19.8 Å². The molecule has 41 heavy (non-hydrogen) atoms. The molecule has 1 aliphatic heterocycles. The Hall–Kier alpha value is -4.27. The maximum absolute atomic E-state index is 13.0. The molecule has 3 N–H and O–H groups in total. The lowest BCUT2D eigenvalue weighted by atomic mass is 9.72. The number of urea groups is 1. The maximum atomic E-state index is 13.0. The molecule has 3 aromatic carbocycles. The van der Waals surface area contributed by atoms with Gasteiger partial charge in [-0.2, -0.15) is 4.99 Å². The van der Waals surface area contributed by atoms with Gasteiger partial charge in [0.2, 0.25) is 5.96 Å². The topological polar surface area (TPSA) is 103 Å². The lowest BCUT2D eigenvalue weighted by molar-refractivity contribution is -0.00679. The summed E-state index contributed by atoms with van der Waals surface area (Å²) in [5.74, 6) is 0.561. The number of hydrogen-bond acceptors (Lipinski definition) is 5. The third-order valence-electron chi connectivity index (χ3n) is 7.30. The number of guanidine groups is 1. The number of anilines is 1. The second kappa shape index (κ2) is 12.5. The molecule has 0 atom stereocenters. The molecule has 2 heterocycles. The fourth-order valence-electron chi connectivity index (χ4n) is 5.39. The second-order valence-electron chi connectivity index (χ2n) is 10.2. The normalized spacial score (nSPS) is 14.5. The van der Waals surface area contributed by atoms with E-state index in [1.807, 2.05) is 85.5 Å². The molecule has 1 fully saturated rings. The van der Waals surface area contributed by atoms with Crippen molar-refractivity contribution < 1.29 is 9.90 Å². The summed E-state index contributed by atoms with van der Waals surface area (Å²) in [5, 5.41) is 18.5. The van der Waals surface area contributed by atoms with Gasteiger partial charge in [0.1, 0.15) is 5.60 Å². The minimum Gasteiger partial charge on any atom is -0.380 e. The average molecular weight is 569 g/mol. The number of halogens is 1. The number of hydrogen-bond donors (Lipinski definition) is 3. The van der Waals surface area contributed by atoms with Crippen molar-refractivity contribution in [1.29, 1.82) is 0 Å². The zero-order valence-electron chi connectivity index (χ0n) is 23.1. The van der Waals surface area contributed by atoms with Gasteiger partial charge in [-0.15, -0.1) is 0 Å². The number of likely N-dealkylation sites (tertiary alicyclic amines) is 1. The van der Waals surface area contributed by atoms with E-state index in [-0.39, 0.29) is 11.9 Å². The lowest BCUT2D eigenvalue weighted by Gasteiger charge is -2.43. The van der Waals surface area contributed by atoms with E-state index < -0.39 is 11.6 Å². The van der Waals surface area contributed by atoms with Crippen LogP contribution in [0.3, 0.4) is 0 Å². The van der Waals surface area contributed by atoms with Crippen molar-refractivity contribution in [3.63, 3.8) is 0 Å². The van der Waals surface area contributed by atoms with Crippen molar-refractivity contribution in [3.05, 3.63) is 119 Å². The van der Waals surface area contributed by atoms with E-state index in [0.29, 0.717) is 42.6 Å². The van der Waals surface area contributed by atoms with Gasteiger partial charge in [-0.1, -0.05) is 78.3 Å². The van der Waals surface area contributed by atoms with E-state index in [4.69, 9.17) is 11.6 Å². The molecular formula is C32H33ClN6O2. The number of amides is 2. The van der Waals surface area contributed by atoms with Crippen molar-refractivity contribution in [3.8, 4) is 0 Å². The first-order valence-corrected chi connectivity index (χ1v) is 14.0. The third kappa shape index (κ3) is 6.73. The van der Waals surface area contributed by atoms with Crippen molar-refractivity contribution in [2.45, 2.75) is 32.3 Å². The lowest BCUT2D eigenvalue weighted by Crippen LogP contribution is -2.51. The Labute approximate surface area is 245 Å². The molecule has 1 saturated heterocycles. The van der Waals surface area contributed by atoms with Crippen LogP contribution in [0.1, 0.15) is 35.4 Å². The smallest absolute Gasteiger partial charge is 0.326 e. The molecule has 4 aromatic rings. The summed E-state index contributed by atoms with van der Waals surface area (Å²) >= 11 is 6.09. The summed E-state index contributed by atoms with van der Waals surface area (Å²) in [5.41, 5.74) is 2.70. The molecule has 0 spiro atoms. The van der Waals surface area contributed by atoms with Gasteiger partial charge in [0.05, 0.1) is 0 Å². The Bertz CT molecular complexity index is 1460. The first kappa shape index (κ1) is 28.3. The van der Waals surface area contributed by atoms with E-state index in [1.54, 1.807) is 24.3 Å². The highest BCUT2D eigenvalue weighted by molar-refractivity contribution is 6.30. The summed E-state index contributed by atoms with van der Waals surface area (Å²) in [6.07, 6.45) is 1.34. The minimum atomic E-state index is -1.15. The second-order valence-corrected chi connectivity index (χ2v) is 10.7. The Balaban J connectivity index is 1.40. The number of carbonyl (C=O) groups excluding carboxylic acids is 1. The van der Waals surface area contributed by atoms with Gasteiger partial charge < -0.3 is 15.3 Å². The van der Waals surface area contributed by atoms with Crippen molar-refractivity contribution in [2.24, 2.45) is 10.9 Å². The minimum absolute atomic E-state index is 0.0532. The highest BCUT2D eigenvalue weighted by Crippen LogP contribution is 2.42. The van der Waals surface area contributed by atoms with E-state index in [2.05, 4.69) is 25.6 Å². The number of nitrogens with one attached hydrogen (secondary N) is 2. The van der Waals surface area contributed by atoms with Crippen LogP contribution in [0.15, 0.2) is 96.0 Å². The fraction of sp³-hybridized carbons (Fsp3) is 0.250. The van der Waals surface area contributed by atoms with Crippen LogP contribution >= 0.6 is 11.6 Å². The van der Waals surface area contributed by atoms with Crippen LogP contribution in [-0.2, 0) is 5.60 Å². The van der Waals surface area contributed by atoms with Crippen LogP contribution in [-0.4, -0.2) is 45.1 Å². The van der Waals surface area contributed by atoms with E-state index >= 15 is 0 Å². The Morgan fingerprint density at radius 2 is 1.49 bits per heavy atom. The van der Waals surface area contributed by atoms with Crippen LogP contribution in [0.2, 0.25) is 5.02 Å². The molecule has 1 aliphatic rings. The largest absolute Gasteiger partial charge is 0.380 e. The molecule has 0 bridgehead atoms. The molecule has 0 radical (unpaired) electrons.